The summed E-state index contributed by atoms with van der Waals surface area (Å²) in [6, 6.07) is 0. The van der Waals surface area contributed by atoms with Crippen LogP contribution in [0.15, 0.2) is 18.6 Å². The predicted molar refractivity (Wildman–Crippen MR) is 60.2 cm³/mol. The van der Waals surface area contributed by atoms with Crippen molar-refractivity contribution >= 4 is 17.1 Å². The molecule has 2 aromatic rings. The number of hydrogen-bond donors (Lipinski definition) is 1. The summed E-state index contributed by atoms with van der Waals surface area (Å²) in [5.41, 5.74) is 1.40. The minimum atomic E-state index is 0.658. The van der Waals surface area contributed by atoms with E-state index in [2.05, 4.69) is 30.2 Å². The van der Waals surface area contributed by atoms with E-state index in [1.54, 1.807) is 18.6 Å². The minimum absolute atomic E-state index is 0.658. The van der Waals surface area contributed by atoms with Crippen LogP contribution in [0, 0.1) is 0 Å². The molecule has 16 heavy (non-hydrogen) atoms. The van der Waals surface area contributed by atoms with E-state index in [1.807, 2.05) is 0 Å². The van der Waals surface area contributed by atoms with E-state index < -0.39 is 0 Å². The highest BCUT2D eigenvalue weighted by Gasteiger charge is 2.13. The zero-order chi connectivity index (χ0) is 10.8. The Labute approximate surface area is 92.8 Å². The summed E-state index contributed by atoms with van der Waals surface area (Å²) in [5.74, 6) is 0.745. The number of rotatable bonds is 1. The van der Waals surface area contributed by atoms with E-state index in [0.29, 0.717) is 5.65 Å². The molecule has 3 heterocycles. The zero-order valence-electron chi connectivity index (χ0n) is 8.80. The fraction of sp³-hybridized carbons (Fsp3) is 0.400. The quantitative estimate of drug-likeness (QED) is 0.714. The minimum Gasteiger partial charge on any atom is -0.338 e. The van der Waals surface area contributed by atoms with E-state index >= 15 is 0 Å². The predicted octanol–water partition coefficient (Wildman–Crippen LogP) is -0.171. The van der Waals surface area contributed by atoms with E-state index in [9.17, 15) is 0 Å². The first kappa shape index (κ1) is 9.41. The molecule has 6 nitrogen and oxygen atoms in total. The molecule has 6 heteroatoms. The molecule has 0 spiro atoms. The number of aromatic nitrogens is 4. The van der Waals surface area contributed by atoms with Crippen LogP contribution in [-0.4, -0.2) is 46.1 Å². The van der Waals surface area contributed by atoms with Crippen molar-refractivity contribution in [2.45, 2.75) is 0 Å². The Morgan fingerprint density at radius 2 is 1.88 bits per heavy atom. The lowest BCUT2D eigenvalue weighted by Crippen LogP contribution is -2.44. The lowest BCUT2D eigenvalue weighted by Gasteiger charge is -2.27. The highest BCUT2D eigenvalue weighted by atomic mass is 15.3. The largest absolute Gasteiger partial charge is 0.338 e. The van der Waals surface area contributed by atoms with Crippen molar-refractivity contribution in [3.8, 4) is 0 Å². The van der Waals surface area contributed by atoms with Crippen molar-refractivity contribution in [3.63, 3.8) is 0 Å². The number of piperazine rings is 1. The molecule has 0 aliphatic carbocycles. The SMILES string of the molecule is c1cnc2nc(N3CCNCC3)ncc2n1. The third-order valence-corrected chi connectivity index (χ3v) is 2.61. The van der Waals surface area contributed by atoms with Gasteiger partial charge < -0.3 is 10.2 Å². The Kier molecular flexibility index (Phi) is 2.34. The summed E-state index contributed by atoms with van der Waals surface area (Å²) in [6.07, 6.45) is 5.03. The Hall–Kier alpha value is -1.82. The number of anilines is 1. The van der Waals surface area contributed by atoms with Crippen LogP contribution in [0.4, 0.5) is 5.95 Å². The second kappa shape index (κ2) is 3.97. The lowest BCUT2D eigenvalue weighted by atomic mass is 10.4. The van der Waals surface area contributed by atoms with Crippen molar-refractivity contribution in [2.24, 2.45) is 0 Å². The first-order valence-electron chi connectivity index (χ1n) is 5.33. The molecule has 0 atom stereocenters. The van der Waals surface area contributed by atoms with Gasteiger partial charge in [-0.25, -0.2) is 15.0 Å². The summed E-state index contributed by atoms with van der Waals surface area (Å²) in [7, 11) is 0. The fourth-order valence-electron chi connectivity index (χ4n) is 1.78. The zero-order valence-corrected chi connectivity index (χ0v) is 8.80. The number of fused-ring (bicyclic) bond motifs is 1. The molecule has 0 bridgehead atoms. The first-order valence-corrected chi connectivity index (χ1v) is 5.33. The van der Waals surface area contributed by atoms with Crippen LogP contribution in [0.1, 0.15) is 0 Å². The lowest BCUT2D eigenvalue weighted by molar-refractivity contribution is 0.580. The molecule has 2 aromatic heterocycles. The first-order chi connectivity index (χ1) is 7.93. The van der Waals surface area contributed by atoms with Crippen molar-refractivity contribution in [1.29, 1.82) is 0 Å². The van der Waals surface area contributed by atoms with Gasteiger partial charge in [-0.3, -0.25) is 0 Å². The second-order valence-corrected chi connectivity index (χ2v) is 3.67. The normalized spacial score (nSPS) is 16.6. The summed E-state index contributed by atoms with van der Waals surface area (Å²) < 4.78 is 0. The molecular weight excluding hydrogens is 204 g/mol. The average Bonchev–Trinajstić information content (AvgIpc) is 2.39. The Bertz CT molecular complexity index is 493. The monoisotopic (exact) mass is 216 g/mol. The molecule has 1 aliphatic heterocycles. The summed E-state index contributed by atoms with van der Waals surface area (Å²) in [5, 5.41) is 3.30. The van der Waals surface area contributed by atoms with Gasteiger partial charge in [0.05, 0.1) is 6.20 Å². The van der Waals surface area contributed by atoms with Gasteiger partial charge in [0.25, 0.3) is 0 Å². The Morgan fingerprint density at radius 1 is 1.06 bits per heavy atom. The summed E-state index contributed by atoms with van der Waals surface area (Å²) >= 11 is 0. The molecule has 1 aliphatic rings. The maximum Gasteiger partial charge on any atom is 0.227 e. The molecule has 3 rings (SSSR count). The molecule has 1 saturated heterocycles. The molecule has 1 N–H and O–H groups in total. The van der Waals surface area contributed by atoms with Gasteiger partial charge in [0, 0.05) is 38.6 Å². The van der Waals surface area contributed by atoms with Gasteiger partial charge in [-0.15, -0.1) is 0 Å². The van der Waals surface area contributed by atoms with E-state index in [4.69, 9.17) is 0 Å². The van der Waals surface area contributed by atoms with Gasteiger partial charge in [0.15, 0.2) is 5.65 Å². The summed E-state index contributed by atoms with van der Waals surface area (Å²) in [6.45, 7) is 3.82. The van der Waals surface area contributed by atoms with Crippen molar-refractivity contribution in [1.82, 2.24) is 25.3 Å². The van der Waals surface area contributed by atoms with Gasteiger partial charge >= 0.3 is 0 Å². The van der Waals surface area contributed by atoms with Crippen LogP contribution < -0.4 is 10.2 Å². The van der Waals surface area contributed by atoms with Crippen LogP contribution in [0.5, 0.6) is 0 Å². The fourth-order valence-corrected chi connectivity index (χ4v) is 1.78. The highest BCUT2D eigenvalue weighted by molar-refractivity contribution is 5.69. The molecule has 0 amide bonds. The van der Waals surface area contributed by atoms with Crippen LogP contribution in [-0.2, 0) is 0 Å². The molecule has 0 radical (unpaired) electrons. The van der Waals surface area contributed by atoms with Gasteiger partial charge in [0.2, 0.25) is 5.95 Å². The Morgan fingerprint density at radius 3 is 2.75 bits per heavy atom. The maximum absolute atomic E-state index is 4.41. The van der Waals surface area contributed by atoms with Gasteiger partial charge in [-0.2, -0.15) is 4.98 Å². The smallest absolute Gasteiger partial charge is 0.227 e. The Balaban J connectivity index is 1.97. The topological polar surface area (TPSA) is 66.8 Å². The highest BCUT2D eigenvalue weighted by Crippen LogP contribution is 2.11. The number of hydrogen-bond acceptors (Lipinski definition) is 6. The van der Waals surface area contributed by atoms with Gasteiger partial charge in [-0.05, 0) is 0 Å². The van der Waals surface area contributed by atoms with E-state index in [-0.39, 0.29) is 0 Å². The van der Waals surface area contributed by atoms with Crippen molar-refractivity contribution in [2.75, 3.05) is 31.1 Å². The van der Waals surface area contributed by atoms with E-state index in [0.717, 1.165) is 37.6 Å². The average molecular weight is 216 g/mol. The molecule has 0 unspecified atom stereocenters. The molecule has 0 saturated carbocycles. The molecule has 1 fully saturated rings. The third-order valence-electron chi connectivity index (χ3n) is 2.61. The van der Waals surface area contributed by atoms with Crippen LogP contribution >= 0.6 is 0 Å². The maximum atomic E-state index is 4.41. The number of nitrogens with zero attached hydrogens (tertiary/aromatic N) is 5. The molecular formula is C10H12N6. The third kappa shape index (κ3) is 1.67. The van der Waals surface area contributed by atoms with E-state index in [1.165, 1.54) is 0 Å². The molecule has 0 aromatic carbocycles. The molecule has 82 valence electrons. The number of nitrogens with one attached hydrogen (secondary N) is 1. The summed E-state index contributed by atoms with van der Waals surface area (Å²) in [4.78, 5) is 19.2. The van der Waals surface area contributed by atoms with Crippen LogP contribution in [0.3, 0.4) is 0 Å². The standard InChI is InChI=1S/C10H12N6/c1-2-13-9-8(12-1)7-14-10(15-9)16-5-3-11-4-6-16/h1-2,7,11H,3-6H2. The van der Waals surface area contributed by atoms with Gasteiger partial charge in [0.1, 0.15) is 5.52 Å². The van der Waals surface area contributed by atoms with Crippen molar-refractivity contribution < 1.29 is 0 Å². The van der Waals surface area contributed by atoms with Crippen molar-refractivity contribution in [3.05, 3.63) is 18.6 Å². The van der Waals surface area contributed by atoms with Crippen LogP contribution in [0.25, 0.3) is 11.2 Å². The second-order valence-electron chi connectivity index (χ2n) is 3.67. The van der Waals surface area contributed by atoms with Gasteiger partial charge in [-0.1, -0.05) is 0 Å². The van der Waals surface area contributed by atoms with Crippen LogP contribution in [0.2, 0.25) is 0 Å².